The fourth-order valence-electron chi connectivity index (χ4n) is 2.77. The first-order valence-corrected chi connectivity index (χ1v) is 8.93. The molecule has 0 atom stereocenters. The van der Waals surface area contributed by atoms with E-state index in [-0.39, 0.29) is 18.2 Å². The third kappa shape index (κ3) is 4.98. The molecule has 0 radical (unpaired) electrons. The number of methoxy groups -OCH3 is 1. The van der Waals surface area contributed by atoms with Crippen molar-refractivity contribution in [3.8, 4) is 0 Å². The van der Waals surface area contributed by atoms with Crippen LogP contribution in [0.5, 0.6) is 0 Å². The lowest BCUT2D eigenvalue weighted by Gasteiger charge is -2.08. The van der Waals surface area contributed by atoms with Gasteiger partial charge >= 0.3 is 5.97 Å². The number of nitrogens with one attached hydrogen (secondary N) is 3. The van der Waals surface area contributed by atoms with Crippen LogP contribution in [0.15, 0.2) is 24.3 Å². The van der Waals surface area contributed by atoms with Crippen LogP contribution in [0.25, 0.3) is 0 Å². The van der Waals surface area contributed by atoms with Crippen LogP contribution < -0.4 is 10.6 Å². The van der Waals surface area contributed by atoms with Crippen LogP contribution in [0.3, 0.4) is 0 Å². The first-order chi connectivity index (χ1) is 13.4. The van der Waals surface area contributed by atoms with Crippen LogP contribution >= 0.6 is 0 Å². The summed E-state index contributed by atoms with van der Waals surface area (Å²) in [5.41, 5.74) is 2.56. The zero-order valence-electron chi connectivity index (χ0n) is 16.5. The van der Waals surface area contributed by atoms with Gasteiger partial charge in [0.05, 0.1) is 12.2 Å². The summed E-state index contributed by atoms with van der Waals surface area (Å²) >= 11 is 0. The van der Waals surface area contributed by atoms with Crippen molar-refractivity contribution in [3.63, 3.8) is 0 Å². The number of hydrogen-bond acceptors (Lipinski definition) is 5. The predicted octanol–water partition coefficient (Wildman–Crippen LogP) is 2.44. The van der Waals surface area contributed by atoms with Crippen molar-refractivity contribution in [2.45, 2.75) is 20.8 Å². The van der Waals surface area contributed by atoms with Crippen molar-refractivity contribution >= 4 is 23.5 Å². The van der Waals surface area contributed by atoms with E-state index in [0.717, 1.165) is 0 Å². The number of amides is 2. The van der Waals surface area contributed by atoms with E-state index in [9.17, 15) is 14.4 Å². The van der Waals surface area contributed by atoms with Gasteiger partial charge in [0.25, 0.3) is 11.8 Å². The Bertz CT molecular complexity index is 873. The number of benzene rings is 1. The first-order valence-electron chi connectivity index (χ1n) is 8.93. The van der Waals surface area contributed by atoms with E-state index >= 15 is 0 Å². The number of hydrogen-bond donors (Lipinski definition) is 3. The van der Waals surface area contributed by atoms with Crippen LogP contribution in [-0.2, 0) is 9.47 Å². The quantitative estimate of drug-likeness (QED) is 0.476. The standard InChI is InChI=1S/C20H25N3O5/c1-5-21-18(24)14-7-6-8-15(11-14)23-19(25)17-12(2)16(13(3)22-17)20(26)28-10-9-27-4/h6-8,11,22H,5,9-10H2,1-4H3,(H,21,24)(H,23,25). The highest BCUT2D eigenvalue weighted by Crippen LogP contribution is 2.21. The molecule has 0 bridgehead atoms. The highest BCUT2D eigenvalue weighted by Gasteiger charge is 2.23. The Labute approximate surface area is 163 Å². The molecule has 1 aromatic carbocycles. The number of anilines is 1. The fourth-order valence-corrected chi connectivity index (χ4v) is 2.77. The van der Waals surface area contributed by atoms with Crippen molar-refractivity contribution < 1.29 is 23.9 Å². The number of aromatic nitrogens is 1. The van der Waals surface area contributed by atoms with Crippen molar-refractivity contribution in [1.82, 2.24) is 10.3 Å². The maximum Gasteiger partial charge on any atom is 0.340 e. The minimum absolute atomic E-state index is 0.132. The summed E-state index contributed by atoms with van der Waals surface area (Å²) in [6, 6.07) is 6.63. The van der Waals surface area contributed by atoms with E-state index in [1.807, 2.05) is 6.92 Å². The van der Waals surface area contributed by atoms with Gasteiger partial charge in [0.1, 0.15) is 12.3 Å². The van der Waals surface area contributed by atoms with Crippen LogP contribution in [0, 0.1) is 13.8 Å². The van der Waals surface area contributed by atoms with Gasteiger partial charge in [-0.3, -0.25) is 9.59 Å². The lowest BCUT2D eigenvalue weighted by Crippen LogP contribution is -2.23. The molecule has 0 saturated carbocycles. The average molecular weight is 387 g/mol. The largest absolute Gasteiger partial charge is 0.460 e. The maximum atomic E-state index is 12.7. The third-order valence-electron chi connectivity index (χ3n) is 4.11. The molecule has 0 spiro atoms. The van der Waals surface area contributed by atoms with Gasteiger partial charge in [0, 0.05) is 30.6 Å². The van der Waals surface area contributed by atoms with Crippen molar-refractivity contribution in [1.29, 1.82) is 0 Å². The Kier molecular flexibility index (Phi) is 7.34. The molecule has 2 rings (SSSR count). The van der Waals surface area contributed by atoms with Gasteiger partial charge in [-0.25, -0.2) is 4.79 Å². The molecular formula is C20H25N3O5. The fraction of sp³-hybridized carbons (Fsp3) is 0.350. The molecule has 8 heteroatoms. The predicted molar refractivity (Wildman–Crippen MR) is 105 cm³/mol. The zero-order valence-corrected chi connectivity index (χ0v) is 16.5. The van der Waals surface area contributed by atoms with Crippen LogP contribution in [0.1, 0.15) is 49.4 Å². The second-order valence-corrected chi connectivity index (χ2v) is 6.15. The third-order valence-corrected chi connectivity index (χ3v) is 4.11. The van der Waals surface area contributed by atoms with Crippen LogP contribution in [0.4, 0.5) is 5.69 Å². The number of rotatable bonds is 8. The molecule has 150 valence electrons. The van der Waals surface area contributed by atoms with Crippen molar-refractivity contribution in [3.05, 3.63) is 52.3 Å². The number of aryl methyl sites for hydroxylation is 1. The molecule has 2 amide bonds. The van der Waals surface area contributed by atoms with Crippen molar-refractivity contribution in [2.24, 2.45) is 0 Å². The van der Waals surface area contributed by atoms with E-state index in [1.54, 1.807) is 38.1 Å². The minimum Gasteiger partial charge on any atom is -0.460 e. The summed E-state index contributed by atoms with van der Waals surface area (Å²) in [7, 11) is 1.52. The monoisotopic (exact) mass is 387 g/mol. The number of ether oxygens (including phenoxy) is 2. The van der Waals surface area contributed by atoms with Gasteiger partial charge in [0.15, 0.2) is 0 Å². The molecule has 0 aliphatic rings. The van der Waals surface area contributed by atoms with E-state index in [0.29, 0.717) is 41.2 Å². The molecule has 28 heavy (non-hydrogen) atoms. The average Bonchev–Trinajstić information content (AvgIpc) is 2.96. The number of carbonyl (C=O) groups excluding carboxylic acids is 3. The molecule has 0 fully saturated rings. The smallest absolute Gasteiger partial charge is 0.340 e. The second kappa shape index (κ2) is 9.70. The van der Waals surface area contributed by atoms with Crippen molar-refractivity contribution in [2.75, 3.05) is 32.2 Å². The molecule has 0 aliphatic carbocycles. The number of esters is 1. The highest BCUT2D eigenvalue weighted by molar-refractivity contribution is 6.07. The van der Waals surface area contributed by atoms with Gasteiger partial charge in [-0.05, 0) is 44.5 Å². The SMILES string of the molecule is CCNC(=O)c1cccc(NC(=O)c2[nH]c(C)c(C(=O)OCCOC)c2C)c1. The molecule has 3 N–H and O–H groups in total. The summed E-state index contributed by atoms with van der Waals surface area (Å²) in [6.07, 6.45) is 0. The van der Waals surface area contributed by atoms with Gasteiger partial charge in [-0.2, -0.15) is 0 Å². The summed E-state index contributed by atoms with van der Waals surface area (Å²) < 4.78 is 10.0. The van der Waals surface area contributed by atoms with E-state index in [1.165, 1.54) is 7.11 Å². The molecule has 0 saturated heterocycles. The normalized spacial score (nSPS) is 10.4. The Morgan fingerprint density at radius 1 is 1.11 bits per heavy atom. The Hall–Kier alpha value is -3.13. The van der Waals surface area contributed by atoms with Gasteiger partial charge < -0.3 is 25.1 Å². The van der Waals surface area contributed by atoms with Gasteiger partial charge in [-0.1, -0.05) is 6.07 Å². The lowest BCUT2D eigenvalue weighted by molar-refractivity contribution is 0.0386. The molecule has 0 unspecified atom stereocenters. The van der Waals surface area contributed by atoms with Gasteiger partial charge in [0.2, 0.25) is 0 Å². The minimum atomic E-state index is -0.513. The Morgan fingerprint density at radius 3 is 2.54 bits per heavy atom. The summed E-state index contributed by atoms with van der Waals surface area (Å²) in [6.45, 7) is 6.15. The second-order valence-electron chi connectivity index (χ2n) is 6.15. The van der Waals surface area contributed by atoms with Crippen LogP contribution in [0.2, 0.25) is 0 Å². The molecule has 1 heterocycles. The van der Waals surface area contributed by atoms with Crippen LogP contribution in [-0.4, -0.2) is 49.6 Å². The molecule has 1 aromatic heterocycles. The number of aromatic amines is 1. The Balaban J connectivity index is 2.17. The van der Waals surface area contributed by atoms with E-state index in [4.69, 9.17) is 9.47 Å². The van der Waals surface area contributed by atoms with Gasteiger partial charge in [-0.15, -0.1) is 0 Å². The number of H-pyrrole nitrogens is 1. The summed E-state index contributed by atoms with van der Waals surface area (Å²) in [5, 5.41) is 5.46. The zero-order chi connectivity index (χ0) is 20.7. The Morgan fingerprint density at radius 2 is 1.86 bits per heavy atom. The topological polar surface area (TPSA) is 110 Å². The summed E-state index contributed by atoms with van der Waals surface area (Å²) in [4.78, 5) is 39.8. The molecule has 0 aliphatic heterocycles. The molecular weight excluding hydrogens is 362 g/mol. The number of carbonyl (C=O) groups is 3. The first kappa shape index (κ1) is 21.2. The molecule has 2 aromatic rings. The lowest BCUT2D eigenvalue weighted by atomic mass is 10.1. The van der Waals surface area contributed by atoms with E-state index in [2.05, 4.69) is 15.6 Å². The molecule has 8 nitrogen and oxygen atoms in total. The maximum absolute atomic E-state index is 12.7. The summed E-state index contributed by atoms with van der Waals surface area (Å²) in [5.74, 6) is -1.14. The highest BCUT2D eigenvalue weighted by atomic mass is 16.6. The van der Waals surface area contributed by atoms with E-state index < -0.39 is 11.9 Å².